The molecule has 9 nitrogen and oxygen atoms in total. The summed E-state index contributed by atoms with van der Waals surface area (Å²) in [6.07, 6.45) is 0. The summed E-state index contributed by atoms with van der Waals surface area (Å²) in [6.45, 7) is 1.94. The average molecular weight is 471 g/mol. The van der Waals surface area contributed by atoms with Crippen molar-refractivity contribution in [2.45, 2.75) is 12.1 Å². The zero-order valence-electron chi connectivity index (χ0n) is 17.9. The molecule has 1 amide bonds. The fourth-order valence-electron chi connectivity index (χ4n) is 3.29. The number of carbonyl (C=O) groups excluding carboxylic acids is 1. The number of fused-ring (bicyclic) bond motifs is 1. The minimum absolute atomic E-state index is 0.0204. The van der Waals surface area contributed by atoms with Crippen LogP contribution in [0.15, 0.2) is 76.7 Å². The van der Waals surface area contributed by atoms with E-state index in [4.69, 9.17) is 0 Å². The second-order valence-corrected chi connectivity index (χ2v) is 8.27. The Morgan fingerprint density at radius 3 is 2.62 bits per heavy atom. The number of para-hydroxylation sites is 1. The zero-order valence-corrected chi connectivity index (χ0v) is 18.7. The minimum Gasteiger partial charge on any atom is -0.324 e. The molecule has 0 aliphatic heterocycles. The van der Waals surface area contributed by atoms with Crippen LogP contribution in [0.2, 0.25) is 0 Å². The van der Waals surface area contributed by atoms with Gasteiger partial charge < -0.3 is 5.32 Å². The van der Waals surface area contributed by atoms with E-state index in [0.717, 1.165) is 23.4 Å². The van der Waals surface area contributed by atoms with E-state index in [-0.39, 0.29) is 28.3 Å². The molecule has 0 saturated heterocycles. The second-order valence-electron chi connectivity index (χ2n) is 7.32. The maximum Gasteiger partial charge on any atom is 0.270 e. The molecule has 0 atom stereocenters. The Morgan fingerprint density at radius 1 is 1.18 bits per heavy atom. The Kier molecular flexibility index (Phi) is 6.38. The Labute approximate surface area is 197 Å². The summed E-state index contributed by atoms with van der Waals surface area (Å²) in [5.41, 5.74) is 1.83. The van der Waals surface area contributed by atoms with Gasteiger partial charge >= 0.3 is 0 Å². The summed E-state index contributed by atoms with van der Waals surface area (Å²) in [4.78, 5) is 40.8. The van der Waals surface area contributed by atoms with E-state index in [1.807, 2.05) is 37.3 Å². The molecule has 0 aliphatic carbocycles. The van der Waals surface area contributed by atoms with Crippen LogP contribution in [0.5, 0.6) is 0 Å². The van der Waals surface area contributed by atoms with Crippen LogP contribution in [0, 0.1) is 28.4 Å². The lowest BCUT2D eigenvalue weighted by molar-refractivity contribution is -0.384. The van der Waals surface area contributed by atoms with Gasteiger partial charge in [0.05, 0.1) is 38.5 Å². The van der Waals surface area contributed by atoms with Crippen LogP contribution in [0.1, 0.15) is 11.1 Å². The van der Waals surface area contributed by atoms with Crippen LogP contribution >= 0.6 is 11.8 Å². The molecule has 4 rings (SSSR count). The molecule has 0 saturated carbocycles. The van der Waals surface area contributed by atoms with Crippen molar-refractivity contribution in [3.8, 4) is 11.8 Å². The standard InChI is InChI=1S/C24H17N5O4S/c1-15-6-8-17(9-7-15)28-23(31)19-4-2-3-5-21(19)27-24(28)34-14-22(30)26-20-11-10-18(29(32)33)12-16(20)13-25/h2-12H,14H2,1H3,(H,26,30). The third-order valence-electron chi connectivity index (χ3n) is 4.98. The molecule has 1 aromatic heterocycles. The highest BCUT2D eigenvalue weighted by atomic mass is 32.2. The summed E-state index contributed by atoms with van der Waals surface area (Å²) in [5, 5.41) is 23.6. The molecule has 0 unspecified atom stereocenters. The molecule has 3 aromatic carbocycles. The number of nitrogens with zero attached hydrogens (tertiary/aromatic N) is 4. The van der Waals surface area contributed by atoms with Gasteiger partial charge in [-0.3, -0.25) is 24.3 Å². The van der Waals surface area contributed by atoms with Crippen molar-refractivity contribution in [3.63, 3.8) is 0 Å². The third kappa shape index (κ3) is 4.65. The molecule has 0 spiro atoms. The Bertz CT molecular complexity index is 1520. The highest BCUT2D eigenvalue weighted by molar-refractivity contribution is 7.99. The molecule has 4 aromatic rings. The average Bonchev–Trinajstić information content (AvgIpc) is 2.84. The van der Waals surface area contributed by atoms with Crippen molar-refractivity contribution in [3.05, 3.63) is 98.3 Å². The maximum atomic E-state index is 13.3. The van der Waals surface area contributed by atoms with Crippen molar-refractivity contribution in [2.24, 2.45) is 0 Å². The van der Waals surface area contributed by atoms with Crippen molar-refractivity contribution in [1.82, 2.24) is 9.55 Å². The van der Waals surface area contributed by atoms with Gasteiger partial charge in [0.2, 0.25) is 5.91 Å². The van der Waals surface area contributed by atoms with Crippen LogP contribution in [0.4, 0.5) is 11.4 Å². The zero-order chi connectivity index (χ0) is 24.2. The van der Waals surface area contributed by atoms with E-state index in [2.05, 4.69) is 10.3 Å². The van der Waals surface area contributed by atoms with Gasteiger partial charge in [-0.05, 0) is 37.3 Å². The minimum atomic E-state index is -0.613. The van der Waals surface area contributed by atoms with E-state index in [9.17, 15) is 25.0 Å². The Morgan fingerprint density at radius 2 is 1.91 bits per heavy atom. The van der Waals surface area contributed by atoms with Gasteiger partial charge in [-0.1, -0.05) is 41.6 Å². The maximum absolute atomic E-state index is 13.3. The first-order chi connectivity index (χ1) is 16.4. The molecule has 0 radical (unpaired) electrons. The lowest BCUT2D eigenvalue weighted by atomic mass is 10.1. The quantitative estimate of drug-likeness (QED) is 0.193. The largest absolute Gasteiger partial charge is 0.324 e. The highest BCUT2D eigenvalue weighted by Crippen LogP contribution is 2.24. The van der Waals surface area contributed by atoms with Gasteiger partial charge in [0.25, 0.3) is 11.2 Å². The monoisotopic (exact) mass is 471 g/mol. The molecular weight excluding hydrogens is 454 g/mol. The molecule has 34 heavy (non-hydrogen) atoms. The van der Waals surface area contributed by atoms with Gasteiger partial charge in [-0.15, -0.1) is 0 Å². The third-order valence-corrected chi connectivity index (χ3v) is 5.92. The number of benzene rings is 3. The topological polar surface area (TPSA) is 131 Å². The van der Waals surface area contributed by atoms with Crippen LogP contribution in [-0.4, -0.2) is 26.1 Å². The van der Waals surface area contributed by atoms with E-state index in [1.54, 1.807) is 24.3 Å². The number of hydrogen-bond acceptors (Lipinski definition) is 7. The number of nitro groups is 1. The fourth-order valence-corrected chi connectivity index (χ4v) is 4.11. The number of carbonyl (C=O) groups is 1. The predicted molar refractivity (Wildman–Crippen MR) is 129 cm³/mol. The molecule has 1 N–H and O–H groups in total. The number of non-ortho nitro benzene ring substituents is 1. The van der Waals surface area contributed by atoms with Gasteiger partial charge in [0, 0.05) is 12.1 Å². The number of aromatic nitrogens is 2. The SMILES string of the molecule is Cc1ccc(-n2c(SCC(=O)Nc3ccc([N+](=O)[O-])cc3C#N)nc3ccccc3c2=O)cc1. The summed E-state index contributed by atoms with van der Waals surface area (Å²) in [7, 11) is 0. The first-order valence-electron chi connectivity index (χ1n) is 10.1. The number of nitrogens with one attached hydrogen (secondary N) is 1. The number of thioether (sulfide) groups is 1. The van der Waals surface area contributed by atoms with Gasteiger partial charge in [0.1, 0.15) is 6.07 Å². The molecule has 0 aliphatic rings. The van der Waals surface area contributed by atoms with Crippen LogP contribution in [0.3, 0.4) is 0 Å². The summed E-state index contributed by atoms with van der Waals surface area (Å²) in [5.74, 6) is -0.549. The van der Waals surface area contributed by atoms with E-state index in [0.29, 0.717) is 21.7 Å². The summed E-state index contributed by atoms with van der Waals surface area (Å²) in [6, 6.07) is 19.9. The fraction of sp³-hybridized carbons (Fsp3) is 0.0833. The molecular formula is C24H17N5O4S. The molecule has 0 bridgehead atoms. The lowest BCUT2D eigenvalue weighted by Gasteiger charge is -2.13. The van der Waals surface area contributed by atoms with Crippen molar-refractivity contribution in [2.75, 3.05) is 11.1 Å². The van der Waals surface area contributed by atoms with Gasteiger partial charge in [-0.25, -0.2) is 4.98 Å². The molecule has 10 heteroatoms. The number of anilines is 1. The predicted octanol–water partition coefficient (Wildman–Crippen LogP) is 4.20. The highest BCUT2D eigenvalue weighted by Gasteiger charge is 2.16. The number of aryl methyl sites for hydroxylation is 1. The first-order valence-corrected chi connectivity index (χ1v) is 11.1. The summed E-state index contributed by atoms with van der Waals surface area (Å²) >= 11 is 1.07. The van der Waals surface area contributed by atoms with Crippen molar-refractivity contribution >= 4 is 39.9 Å². The molecule has 1 heterocycles. The smallest absolute Gasteiger partial charge is 0.270 e. The van der Waals surface area contributed by atoms with E-state index in [1.165, 1.54) is 16.7 Å². The van der Waals surface area contributed by atoms with E-state index >= 15 is 0 Å². The number of rotatable bonds is 6. The second kappa shape index (κ2) is 9.56. The number of nitro benzene ring substituents is 1. The number of nitriles is 1. The summed E-state index contributed by atoms with van der Waals surface area (Å²) < 4.78 is 1.46. The van der Waals surface area contributed by atoms with Crippen molar-refractivity contribution < 1.29 is 9.72 Å². The van der Waals surface area contributed by atoms with Gasteiger partial charge in [-0.2, -0.15) is 5.26 Å². The Hall–Kier alpha value is -4.49. The van der Waals surface area contributed by atoms with Gasteiger partial charge in [0.15, 0.2) is 5.16 Å². The van der Waals surface area contributed by atoms with Crippen LogP contribution in [-0.2, 0) is 4.79 Å². The van der Waals surface area contributed by atoms with E-state index < -0.39 is 10.8 Å². The van der Waals surface area contributed by atoms with Crippen molar-refractivity contribution in [1.29, 1.82) is 5.26 Å². The number of hydrogen-bond donors (Lipinski definition) is 1. The normalized spacial score (nSPS) is 10.6. The molecule has 0 fully saturated rings. The number of amides is 1. The lowest BCUT2D eigenvalue weighted by Crippen LogP contribution is -2.23. The van der Waals surface area contributed by atoms with Crippen LogP contribution in [0.25, 0.3) is 16.6 Å². The first kappa shape index (κ1) is 22.7. The Balaban J connectivity index is 1.63. The van der Waals surface area contributed by atoms with Crippen LogP contribution < -0.4 is 10.9 Å². The molecule has 168 valence electrons.